The van der Waals surface area contributed by atoms with E-state index in [1.807, 2.05) is 54.6 Å². The molecular weight excluding hydrogens is 316 g/mol. The summed E-state index contributed by atoms with van der Waals surface area (Å²) in [6.45, 7) is 1.09. The van der Waals surface area contributed by atoms with Crippen LogP contribution >= 0.6 is 0 Å². The second-order valence-corrected chi connectivity index (χ2v) is 5.21. The van der Waals surface area contributed by atoms with Crippen LogP contribution < -0.4 is 14.2 Å². The van der Waals surface area contributed by atoms with Gasteiger partial charge in [-0.2, -0.15) is 0 Å². The zero-order chi connectivity index (χ0) is 17.9. The maximum atomic E-state index is 5.57. The minimum atomic E-state index is 0.524. The first-order valence-electron chi connectivity index (χ1n) is 8.04. The number of hydrogen-bond donors (Lipinski definition) is 0. The molecule has 2 rings (SSSR count). The lowest BCUT2D eigenvalue weighted by atomic mass is 10.1. The smallest absolute Gasteiger partial charge is 0.203 e. The summed E-state index contributed by atoms with van der Waals surface area (Å²) in [6, 6.07) is 13.9. The van der Waals surface area contributed by atoms with Gasteiger partial charge in [0.1, 0.15) is 0 Å². The van der Waals surface area contributed by atoms with E-state index in [4.69, 9.17) is 18.9 Å². The minimum absolute atomic E-state index is 0.524. The van der Waals surface area contributed by atoms with Gasteiger partial charge in [-0.1, -0.05) is 54.6 Å². The first kappa shape index (κ1) is 18.6. The highest BCUT2D eigenvalue weighted by Crippen LogP contribution is 2.38. The quantitative estimate of drug-likeness (QED) is 0.632. The van der Waals surface area contributed by atoms with E-state index < -0.39 is 0 Å². The van der Waals surface area contributed by atoms with Crippen molar-refractivity contribution < 1.29 is 18.9 Å². The third-order valence-corrected chi connectivity index (χ3v) is 3.54. The Hall–Kier alpha value is -2.72. The molecule has 0 aliphatic rings. The van der Waals surface area contributed by atoms with E-state index in [0.29, 0.717) is 30.5 Å². The largest absolute Gasteiger partial charge is 0.493 e. The van der Waals surface area contributed by atoms with Crippen LogP contribution in [0.1, 0.15) is 11.1 Å². The Kier molecular flexibility index (Phi) is 7.60. The standard InChI is InChI=1S/C21H24O4/c1-22-19-15-18(16-20(23-2)21(19)24-3)12-8-14-25-13-7-11-17-9-5-4-6-10-17/h4-12,15-16H,13-14H2,1-3H3. The SMILES string of the molecule is COc1cc(C=CCOCC=Cc2ccccc2)cc(OC)c1OC. The Bertz CT molecular complexity index is 680. The minimum Gasteiger partial charge on any atom is -0.493 e. The summed E-state index contributed by atoms with van der Waals surface area (Å²) in [4.78, 5) is 0. The Labute approximate surface area is 149 Å². The molecule has 2 aromatic rings. The van der Waals surface area contributed by atoms with Gasteiger partial charge in [-0.25, -0.2) is 0 Å². The fourth-order valence-corrected chi connectivity index (χ4v) is 2.33. The van der Waals surface area contributed by atoms with E-state index in [2.05, 4.69) is 12.1 Å². The van der Waals surface area contributed by atoms with Crippen LogP contribution in [0.5, 0.6) is 17.2 Å². The van der Waals surface area contributed by atoms with Gasteiger partial charge in [-0.3, -0.25) is 0 Å². The van der Waals surface area contributed by atoms with E-state index >= 15 is 0 Å². The lowest BCUT2D eigenvalue weighted by Crippen LogP contribution is -1.95. The summed E-state index contributed by atoms with van der Waals surface area (Å²) in [5, 5.41) is 0. The van der Waals surface area contributed by atoms with Crippen LogP contribution in [-0.2, 0) is 4.74 Å². The monoisotopic (exact) mass is 340 g/mol. The highest BCUT2D eigenvalue weighted by atomic mass is 16.5. The maximum Gasteiger partial charge on any atom is 0.203 e. The van der Waals surface area contributed by atoms with Crippen LogP contribution in [0.4, 0.5) is 0 Å². The molecule has 0 aromatic heterocycles. The molecule has 0 aliphatic carbocycles. The average molecular weight is 340 g/mol. The van der Waals surface area contributed by atoms with E-state index in [9.17, 15) is 0 Å². The molecule has 25 heavy (non-hydrogen) atoms. The Balaban J connectivity index is 1.86. The Morgan fingerprint density at radius 3 is 1.80 bits per heavy atom. The van der Waals surface area contributed by atoms with Gasteiger partial charge in [0.15, 0.2) is 11.5 Å². The summed E-state index contributed by atoms with van der Waals surface area (Å²) in [7, 11) is 4.80. The molecule has 0 radical (unpaired) electrons. The van der Waals surface area contributed by atoms with Crippen molar-refractivity contribution in [2.45, 2.75) is 0 Å². The van der Waals surface area contributed by atoms with Gasteiger partial charge >= 0.3 is 0 Å². The molecule has 2 aromatic carbocycles. The van der Waals surface area contributed by atoms with Crippen molar-refractivity contribution in [3.8, 4) is 17.2 Å². The summed E-state index contributed by atoms with van der Waals surface area (Å²) in [5.74, 6) is 1.85. The topological polar surface area (TPSA) is 36.9 Å². The highest BCUT2D eigenvalue weighted by Gasteiger charge is 2.11. The van der Waals surface area contributed by atoms with E-state index in [1.54, 1.807) is 21.3 Å². The van der Waals surface area contributed by atoms with E-state index in [-0.39, 0.29) is 0 Å². The predicted molar refractivity (Wildman–Crippen MR) is 101 cm³/mol. The first-order valence-corrected chi connectivity index (χ1v) is 8.04. The molecule has 0 unspecified atom stereocenters. The second kappa shape index (κ2) is 10.2. The Morgan fingerprint density at radius 1 is 0.720 bits per heavy atom. The normalized spacial score (nSPS) is 11.2. The maximum absolute atomic E-state index is 5.57. The fourth-order valence-electron chi connectivity index (χ4n) is 2.33. The molecule has 0 saturated carbocycles. The van der Waals surface area contributed by atoms with Gasteiger partial charge < -0.3 is 18.9 Å². The molecule has 4 heteroatoms. The summed E-state index contributed by atoms with van der Waals surface area (Å²) < 4.78 is 21.6. The van der Waals surface area contributed by atoms with Crippen LogP contribution in [0.2, 0.25) is 0 Å². The number of ether oxygens (including phenoxy) is 4. The van der Waals surface area contributed by atoms with Crippen LogP contribution in [-0.4, -0.2) is 34.5 Å². The van der Waals surface area contributed by atoms with Crippen molar-refractivity contribution in [2.24, 2.45) is 0 Å². The number of methoxy groups -OCH3 is 3. The predicted octanol–water partition coefficient (Wildman–Crippen LogP) is 4.46. The van der Waals surface area contributed by atoms with Gasteiger partial charge in [-0.05, 0) is 23.3 Å². The molecule has 4 nitrogen and oxygen atoms in total. The molecule has 0 N–H and O–H groups in total. The van der Waals surface area contributed by atoms with E-state index in [1.165, 1.54) is 5.56 Å². The second-order valence-electron chi connectivity index (χ2n) is 5.21. The molecule has 0 amide bonds. The van der Waals surface area contributed by atoms with Crippen molar-refractivity contribution >= 4 is 12.2 Å². The zero-order valence-corrected chi connectivity index (χ0v) is 14.9. The van der Waals surface area contributed by atoms with Gasteiger partial charge in [-0.15, -0.1) is 0 Å². The summed E-state index contributed by atoms with van der Waals surface area (Å²) >= 11 is 0. The molecule has 0 heterocycles. The van der Waals surface area contributed by atoms with Gasteiger partial charge in [0.25, 0.3) is 0 Å². The molecule has 0 saturated heterocycles. The molecule has 0 fully saturated rings. The van der Waals surface area contributed by atoms with Crippen molar-refractivity contribution in [1.29, 1.82) is 0 Å². The number of benzene rings is 2. The highest BCUT2D eigenvalue weighted by molar-refractivity contribution is 5.62. The lowest BCUT2D eigenvalue weighted by Gasteiger charge is -2.12. The van der Waals surface area contributed by atoms with Crippen LogP contribution in [0.3, 0.4) is 0 Å². The van der Waals surface area contributed by atoms with E-state index in [0.717, 1.165) is 5.56 Å². The molecule has 0 atom stereocenters. The summed E-state index contributed by atoms with van der Waals surface area (Å²) in [6.07, 6.45) is 7.97. The molecule has 0 aliphatic heterocycles. The zero-order valence-electron chi connectivity index (χ0n) is 14.9. The molecule has 132 valence electrons. The van der Waals surface area contributed by atoms with Crippen molar-refractivity contribution in [2.75, 3.05) is 34.5 Å². The van der Waals surface area contributed by atoms with Gasteiger partial charge in [0, 0.05) is 0 Å². The average Bonchev–Trinajstić information content (AvgIpc) is 2.67. The van der Waals surface area contributed by atoms with Crippen molar-refractivity contribution in [3.05, 3.63) is 65.7 Å². The number of hydrogen-bond acceptors (Lipinski definition) is 4. The van der Waals surface area contributed by atoms with Crippen LogP contribution in [0.25, 0.3) is 12.2 Å². The number of rotatable bonds is 9. The lowest BCUT2D eigenvalue weighted by molar-refractivity contribution is 0.195. The first-order chi connectivity index (χ1) is 12.3. The van der Waals surface area contributed by atoms with Gasteiger partial charge in [0.2, 0.25) is 5.75 Å². The van der Waals surface area contributed by atoms with Crippen LogP contribution in [0.15, 0.2) is 54.6 Å². The van der Waals surface area contributed by atoms with Crippen molar-refractivity contribution in [3.63, 3.8) is 0 Å². The third kappa shape index (κ3) is 5.69. The van der Waals surface area contributed by atoms with Gasteiger partial charge in [0.05, 0.1) is 34.5 Å². The summed E-state index contributed by atoms with van der Waals surface area (Å²) in [5.41, 5.74) is 2.12. The van der Waals surface area contributed by atoms with Crippen LogP contribution in [0, 0.1) is 0 Å². The Morgan fingerprint density at radius 2 is 1.28 bits per heavy atom. The fraction of sp³-hybridized carbons (Fsp3) is 0.238. The third-order valence-electron chi connectivity index (χ3n) is 3.54. The molecule has 0 bridgehead atoms. The molecular formula is C21H24O4. The molecule has 0 spiro atoms. The van der Waals surface area contributed by atoms with Crippen molar-refractivity contribution in [1.82, 2.24) is 0 Å².